The predicted octanol–water partition coefficient (Wildman–Crippen LogP) is 3.26. The van der Waals surface area contributed by atoms with Crippen molar-refractivity contribution in [1.82, 2.24) is 0 Å². The van der Waals surface area contributed by atoms with Gasteiger partial charge in [-0.05, 0) is 23.3 Å². The van der Waals surface area contributed by atoms with Crippen molar-refractivity contribution in [2.45, 2.75) is 25.0 Å². The van der Waals surface area contributed by atoms with Gasteiger partial charge in [-0.1, -0.05) is 42.5 Å². The van der Waals surface area contributed by atoms with Gasteiger partial charge in [-0.3, -0.25) is 0 Å². The highest BCUT2D eigenvalue weighted by Crippen LogP contribution is 2.27. The third kappa shape index (κ3) is 2.39. The second kappa shape index (κ2) is 4.83. The molecule has 0 spiro atoms. The third-order valence-electron chi connectivity index (χ3n) is 3.33. The van der Waals surface area contributed by atoms with Crippen molar-refractivity contribution in [2.75, 3.05) is 0 Å². The van der Waals surface area contributed by atoms with Crippen LogP contribution in [0.3, 0.4) is 0 Å². The molecule has 92 valence electrons. The molecule has 1 aliphatic carbocycles. The Labute approximate surface area is 107 Å². The van der Waals surface area contributed by atoms with E-state index in [0.717, 1.165) is 18.6 Å². The zero-order valence-corrected chi connectivity index (χ0v) is 10.1. The van der Waals surface area contributed by atoms with E-state index in [9.17, 15) is 5.11 Å². The van der Waals surface area contributed by atoms with E-state index in [-0.39, 0.29) is 12.2 Å². The number of ether oxygens (including phenoxy) is 1. The van der Waals surface area contributed by atoms with Crippen LogP contribution in [0.15, 0.2) is 54.6 Å². The molecule has 0 aliphatic heterocycles. The van der Waals surface area contributed by atoms with Crippen LogP contribution < -0.4 is 4.74 Å². The molecule has 1 aliphatic rings. The summed E-state index contributed by atoms with van der Waals surface area (Å²) in [7, 11) is 0. The monoisotopic (exact) mass is 240 g/mol. The molecule has 0 aromatic heterocycles. The van der Waals surface area contributed by atoms with Crippen LogP contribution in [0.2, 0.25) is 0 Å². The number of aliphatic hydroxyl groups is 1. The van der Waals surface area contributed by atoms with Gasteiger partial charge in [0.2, 0.25) is 0 Å². The first-order valence-electron chi connectivity index (χ1n) is 6.31. The van der Waals surface area contributed by atoms with E-state index in [4.69, 9.17) is 4.74 Å². The average Bonchev–Trinajstić information content (AvgIpc) is 2.39. The van der Waals surface area contributed by atoms with E-state index in [0.29, 0.717) is 0 Å². The molecule has 1 N–H and O–H groups in total. The van der Waals surface area contributed by atoms with Gasteiger partial charge in [0, 0.05) is 12.8 Å². The molecule has 2 aromatic carbocycles. The van der Waals surface area contributed by atoms with Crippen molar-refractivity contribution in [3.8, 4) is 16.9 Å². The molecule has 1 fully saturated rings. The van der Waals surface area contributed by atoms with Crippen LogP contribution in [0.1, 0.15) is 12.8 Å². The van der Waals surface area contributed by atoms with Gasteiger partial charge >= 0.3 is 0 Å². The summed E-state index contributed by atoms with van der Waals surface area (Å²) in [6.07, 6.45) is 1.52. The minimum Gasteiger partial charge on any atom is -0.490 e. The summed E-state index contributed by atoms with van der Waals surface area (Å²) < 4.78 is 5.75. The molecule has 0 heterocycles. The molecule has 0 bridgehead atoms. The number of benzene rings is 2. The molecule has 0 unspecified atom stereocenters. The average molecular weight is 240 g/mol. The van der Waals surface area contributed by atoms with Crippen molar-refractivity contribution in [2.24, 2.45) is 0 Å². The van der Waals surface area contributed by atoms with Gasteiger partial charge in [0.25, 0.3) is 0 Å². The maximum atomic E-state index is 9.21. The van der Waals surface area contributed by atoms with E-state index in [1.807, 2.05) is 30.3 Å². The van der Waals surface area contributed by atoms with Crippen molar-refractivity contribution < 1.29 is 9.84 Å². The molecule has 2 heteroatoms. The second-order valence-corrected chi connectivity index (χ2v) is 4.76. The summed E-state index contributed by atoms with van der Waals surface area (Å²) in [5.41, 5.74) is 2.40. The SMILES string of the molecule is OC1CC(Oc2ccc(-c3ccccc3)cc2)C1. The molecular formula is C16H16O2. The zero-order valence-electron chi connectivity index (χ0n) is 10.1. The van der Waals surface area contributed by atoms with Gasteiger partial charge in [0.15, 0.2) is 0 Å². The van der Waals surface area contributed by atoms with Crippen LogP contribution in [0.25, 0.3) is 11.1 Å². The Balaban J connectivity index is 1.69. The summed E-state index contributed by atoms with van der Waals surface area (Å²) in [5.74, 6) is 0.881. The first-order chi connectivity index (χ1) is 8.81. The summed E-state index contributed by atoms with van der Waals surface area (Å²) >= 11 is 0. The highest BCUT2D eigenvalue weighted by atomic mass is 16.5. The van der Waals surface area contributed by atoms with Crippen molar-refractivity contribution in [3.63, 3.8) is 0 Å². The first-order valence-corrected chi connectivity index (χ1v) is 6.31. The molecule has 2 aromatic rings. The molecule has 0 saturated heterocycles. The van der Waals surface area contributed by atoms with E-state index in [1.165, 1.54) is 11.1 Å². The lowest BCUT2D eigenvalue weighted by Crippen LogP contribution is -2.37. The van der Waals surface area contributed by atoms with E-state index >= 15 is 0 Å². The van der Waals surface area contributed by atoms with Crippen LogP contribution in [0.4, 0.5) is 0 Å². The van der Waals surface area contributed by atoms with Gasteiger partial charge < -0.3 is 9.84 Å². The highest BCUT2D eigenvalue weighted by molar-refractivity contribution is 5.63. The van der Waals surface area contributed by atoms with Crippen LogP contribution >= 0.6 is 0 Å². The Morgan fingerprint density at radius 3 is 2.06 bits per heavy atom. The topological polar surface area (TPSA) is 29.5 Å². The Morgan fingerprint density at radius 1 is 0.833 bits per heavy atom. The standard InChI is InChI=1S/C16H16O2/c17-14-10-16(11-14)18-15-8-6-13(7-9-15)12-4-2-1-3-5-12/h1-9,14,16-17H,10-11H2. The number of rotatable bonds is 3. The summed E-state index contributed by atoms with van der Waals surface area (Å²) in [5, 5.41) is 9.21. The van der Waals surface area contributed by atoms with Crippen molar-refractivity contribution in [1.29, 1.82) is 0 Å². The second-order valence-electron chi connectivity index (χ2n) is 4.76. The van der Waals surface area contributed by atoms with Crippen LogP contribution in [-0.4, -0.2) is 17.3 Å². The van der Waals surface area contributed by atoms with Crippen LogP contribution in [0.5, 0.6) is 5.75 Å². The van der Waals surface area contributed by atoms with Gasteiger partial charge in [0.1, 0.15) is 11.9 Å². The van der Waals surface area contributed by atoms with Crippen LogP contribution in [-0.2, 0) is 0 Å². The number of hydrogen-bond acceptors (Lipinski definition) is 2. The molecule has 2 nitrogen and oxygen atoms in total. The molecule has 0 atom stereocenters. The van der Waals surface area contributed by atoms with Crippen molar-refractivity contribution in [3.05, 3.63) is 54.6 Å². The summed E-state index contributed by atoms with van der Waals surface area (Å²) in [6, 6.07) is 18.4. The van der Waals surface area contributed by atoms with E-state index < -0.39 is 0 Å². The fraction of sp³-hybridized carbons (Fsp3) is 0.250. The Hall–Kier alpha value is -1.80. The van der Waals surface area contributed by atoms with Gasteiger partial charge in [-0.15, -0.1) is 0 Å². The summed E-state index contributed by atoms with van der Waals surface area (Å²) in [4.78, 5) is 0. The van der Waals surface area contributed by atoms with Gasteiger partial charge in [-0.25, -0.2) is 0 Å². The summed E-state index contributed by atoms with van der Waals surface area (Å²) in [6.45, 7) is 0. The normalized spacial score (nSPS) is 22.3. The molecule has 0 amide bonds. The zero-order chi connectivity index (χ0) is 12.4. The number of hydrogen-bond donors (Lipinski definition) is 1. The Kier molecular flexibility index (Phi) is 3.03. The fourth-order valence-corrected chi connectivity index (χ4v) is 2.18. The largest absolute Gasteiger partial charge is 0.490 e. The van der Waals surface area contributed by atoms with Gasteiger partial charge in [0.05, 0.1) is 6.10 Å². The quantitative estimate of drug-likeness (QED) is 0.892. The minimum absolute atomic E-state index is 0.168. The smallest absolute Gasteiger partial charge is 0.119 e. The maximum Gasteiger partial charge on any atom is 0.119 e. The number of aliphatic hydroxyl groups excluding tert-OH is 1. The molecular weight excluding hydrogens is 224 g/mol. The lowest BCUT2D eigenvalue weighted by atomic mass is 9.92. The predicted molar refractivity (Wildman–Crippen MR) is 71.5 cm³/mol. The minimum atomic E-state index is -0.168. The molecule has 1 saturated carbocycles. The molecule has 18 heavy (non-hydrogen) atoms. The van der Waals surface area contributed by atoms with Gasteiger partial charge in [-0.2, -0.15) is 0 Å². The Bertz CT molecular complexity index is 498. The fourth-order valence-electron chi connectivity index (χ4n) is 2.18. The third-order valence-corrected chi connectivity index (χ3v) is 3.33. The highest BCUT2D eigenvalue weighted by Gasteiger charge is 2.28. The van der Waals surface area contributed by atoms with E-state index in [1.54, 1.807) is 0 Å². The lowest BCUT2D eigenvalue weighted by molar-refractivity contribution is -0.0107. The van der Waals surface area contributed by atoms with Crippen molar-refractivity contribution >= 4 is 0 Å². The van der Waals surface area contributed by atoms with E-state index in [2.05, 4.69) is 24.3 Å². The maximum absolute atomic E-state index is 9.21. The molecule has 0 radical (unpaired) electrons. The molecule has 3 rings (SSSR count). The Morgan fingerprint density at radius 2 is 1.44 bits per heavy atom. The van der Waals surface area contributed by atoms with Crippen LogP contribution in [0, 0.1) is 0 Å². The lowest BCUT2D eigenvalue weighted by Gasteiger charge is -2.31. The first kappa shape index (κ1) is 11.3.